The molecule has 0 saturated heterocycles. The van der Waals surface area contributed by atoms with Crippen molar-refractivity contribution < 1.29 is 30.7 Å². The topological polar surface area (TPSA) is 69.8 Å². The molecule has 7 heteroatoms. The zero-order valence-corrected chi connectivity index (χ0v) is 27.8. The van der Waals surface area contributed by atoms with Crippen molar-refractivity contribution in [3.63, 3.8) is 0 Å². The second-order valence-electron chi connectivity index (χ2n) is 10.7. The second kappa shape index (κ2) is 14.7. The van der Waals surface area contributed by atoms with Gasteiger partial charge in [0.1, 0.15) is 23.2 Å². The van der Waals surface area contributed by atoms with E-state index in [-0.39, 0.29) is 39.1 Å². The van der Waals surface area contributed by atoms with Crippen molar-refractivity contribution in [1.82, 2.24) is 19.1 Å². The molecular formula is C39H32N4O2Pt+4. The summed E-state index contributed by atoms with van der Waals surface area (Å²) < 4.78 is 4.43. The number of carbonyl (C=O) groups is 2. The quantitative estimate of drug-likeness (QED) is 0.167. The molecule has 6 nitrogen and oxygen atoms in total. The Morgan fingerprint density at radius 3 is 0.978 bits per heavy atom. The summed E-state index contributed by atoms with van der Waals surface area (Å²) in [5.41, 5.74) is 4.79. The van der Waals surface area contributed by atoms with Gasteiger partial charge in [0.25, 0.3) is 0 Å². The Bertz CT molecular complexity index is 1990. The van der Waals surface area contributed by atoms with E-state index in [1.54, 1.807) is 0 Å². The number of fused-ring (bicyclic) bond motifs is 6. The van der Waals surface area contributed by atoms with Crippen LogP contribution in [-0.4, -0.2) is 30.7 Å². The molecular weight excluding hydrogens is 752 g/mol. The smallest absolute Gasteiger partial charge is 0.300 e. The van der Waals surface area contributed by atoms with E-state index in [4.69, 9.17) is 0 Å². The summed E-state index contributed by atoms with van der Waals surface area (Å²) in [4.78, 5) is 29.0. The van der Waals surface area contributed by atoms with Crippen molar-refractivity contribution in [2.24, 2.45) is 0 Å². The fraction of sp³-hybridized carbons (Fsp3) is 0.0769. The van der Waals surface area contributed by atoms with Crippen molar-refractivity contribution in [3.8, 4) is 11.6 Å². The minimum atomic E-state index is -0.0625. The Balaban J connectivity index is 0.000000149. The normalized spacial score (nSPS) is 10.5. The predicted octanol–water partition coefficient (Wildman–Crippen LogP) is 8.91. The van der Waals surface area contributed by atoms with Crippen molar-refractivity contribution >= 4 is 55.2 Å². The molecule has 0 atom stereocenters. The van der Waals surface area contributed by atoms with Crippen LogP contribution in [0.1, 0.15) is 20.3 Å². The molecule has 46 heavy (non-hydrogen) atoms. The molecule has 0 spiro atoms. The van der Waals surface area contributed by atoms with Crippen LogP contribution < -0.4 is 0 Å². The van der Waals surface area contributed by atoms with Crippen LogP contribution in [0.2, 0.25) is 0 Å². The van der Waals surface area contributed by atoms with Crippen LogP contribution in [0.25, 0.3) is 55.2 Å². The Hall–Kier alpha value is -5.19. The third-order valence-electron chi connectivity index (χ3n) is 7.41. The average molecular weight is 784 g/mol. The van der Waals surface area contributed by atoms with Gasteiger partial charge >= 0.3 is 21.1 Å². The molecule has 0 amide bonds. The van der Waals surface area contributed by atoms with Gasteiger partial charge in [0.05, 0.1) is 28.5 Å². The standard InChI is InChI=1S/2C17H12N2.C5H8O2.Pt/c2*1-3-9-15-13(7-1)14-8-2-4-10-16(14)19(15)17-11-5-6-12-18-17;1-4(6)3-5(2)7;/h2*1-12H;3H2,1-2H3;/q;;;+4. The first kappa shape index (κ1) is 32.2. The fourth-order valence-electron chi connectivity index (χ4n) is 5.66. The van der Waals surface area contributed by atoms with E-state index in [9.17, 15) is 9.59 Å². The summed E-state index contributed by atoms with van der Waals surface area (Å²) >= 11 is 0. The number of hydrogen-bond donors (Lipinski definition) is 0. The van der Waals surface area contributed by atoms with Gasteiger partial charge in [-0.05, 0) is 62.4 Å². The third-order valence-corrected chi connectivity index (χ3v) is 7.41. The van der Waals surface area contributed by atoms with Gasteiger partial charge in [0, 0.05) is 33.9 Å². The molecule has 0 saturated carbocycles. The van der Waals surface area contributed by atoms with Crippen LogP contribution in [0, 0.1) is 0 Å². The summed E-state index contributed by atoms with van der Waals surface area (Å²) in [6.07, 6.45) is 3.75. The molecule has 8 aromatic rings. The Labute approximate surface area is 281 Å². The first-order valence-electron chi connectivity index (χ1n) is 14.8. The van der Waals surface area contributed by atoms with Crippen LogP contribution in [0.4, 0.5) is 0 Å². The Kier molecular flexibility index (Phi) is 10.3. The molecule has 0 N–H and O–H groups in total. The van der Waals surface area contributed by atoms with Gasteiger partial charge in [-0.15, -0.1) is 0 Å². The summed E-state index contributed by atoms with van der Waals surface area (Å²) in [5, 5.41) is 5.07. The van der Waals surface area contributed by atoms with E-state index in [2.05, 4.69) is 116 Å². The number of Topliss-reactive ketones (excluding diaryl/α,β-unsaturated/α-hetero) is 2. The van der Waals surface area contributed by atoms with Crippen molar-refractivity contribution in [3.05, 3.63) is 146 Å². The number of rotatable bonds is 4. The average Bonchev–Trinajstić information content (AvgIpc) is 3.59. The molecule has 0 aliphatic carbocycles. The fourth-order valence-corrected chi connectivity index (χ4v) is 5.66. The van der Waals surface area contributed by atoms with Gasteiger partial charge in [0.15, 0.2) is 0 Å². The van der Waals surface area contributed by atoms with E-state index in [1.165, 1.54) is 57.5 Å². The summed E-state index contributed by atoms with van der Waals surface area (Å²) in [5.74, 6) is 1.79. The zero-order chi connectivity index (χ0) is 31.2. The van der Waals surface area contributed by atoms with Crippen molar-refractivity contribution in [1.29, 1.82) is 0 Å². The molecule has 8 rings (SSSR count). The number of nitrogens with zero attached hydrogens (tertiary/aromatic N) is 4. The molecule has 0 aliphatic rings. The largest absolute Gasteiger partial charge is 4.00 e. The van der Waals surface area contributed by atoms with Gasteiger partial charge in [-0.25, -0.2) is 9.97 Å². The number of pyridine rings is 2. The molecule has 0 radical (unpaired) electrons. The molecule has 0 bridgehead atoms. The molecule has 226 valence electrons. The predicted molar refractivity (Wildman–Crippen MR) is 183 cm³/mol. The van der Waals surface area contributed by atoms with Gasteiger partial charge in [-0.2, -0.15) is 0 Å². The summed E-state index contributed by atoms with van der Waals surface area (Å²) in [7, 11) is 0. The number of benzene rings is 4. The van der Waals surface area contributed by atoms with Crippen LogP contribution in [-0.2, 0) is 30.7 Å². The molecule has 4 aromatic heterocycles. The summed E-state index contributed by atoms with van der Waals surface area (Å²) in [6.45, 7) is 2.81. The van der Waals surface area contributed by atoms with E-state index >= 15 is 0 Å². The zero-order valence-electron chi connectivity index (χ0n) is 25.5. The molecule has 4 aromatic carbocycles. The van der Waals surface area contributed by atoms with E-state index in [1.807, 2.05) is 48.8 Å². The van der Waals surface area contributed by atoms with Crippen molar-refractivity contribution in [2.75, 3.05) is 0 Å². The Morgan fingerprint density at radius 1 is 0.457 bits per heavy atom. The van der Waals surface area contributed by atoms with Crippen LogP contribution in [0.3, 0.4) is 0 Å². The van der Waals surface area contributed by atoms with Crippen molar-refractivity contribution in [2.45, 2.75) is 20.3 Å². The first-order valence-corrected chi connectivity index (χ1v) is 14.8. The van der Waals surface area contributed by atoms with Gasteiger partial charge in [-0.3, -0.25) is 18.7 Å². The monoisotopic (exact) mass is 783 g/mol. The molecule has 0 aliphatic heterocycles. The maximum atomic E-state index is 10.0. The number of aromatic nitrogens is 4. The first-order chi connectivity index (χ1) is 22.0. The molecule has 0 unspecified atom stereocenters. The van der Waals surface area contributed by atoms with E-state index in [0.29, 0.717) is 0 Å². The Morgan fingerprint density at radius 2 is 0.739 bits per heavy atom. The maximum absolute atomic E-state index is 10.0. The van der Waals surface area contributed by atoms with Gasteiger partial charge in [0.2, 0.25) is 0 Å². The minimum Gasteiger partial charge on any atom is -0.300 e. The second-order valence-corrected chi connectivity index (χ2v) is 10.7. The van der Waals surface area contributed by atoms with Gasteiger partial charge in [-0.1, -0.05) is 84.9 Å². The van der Waals surface area contributed by atoms with E-state index < -0.39 is 0 Å². The minimum absolute atomic E-state index is 0. The van der Waals surface area contributed by atoms with Crippen LogP contribution >= 0.6 is 0 Å². The van der Waals surface area contributed by atoms with Crippen LogP contribution in [0.15, 0.2) is 146 Å². The van der Waals surface area contributed by atoms with Gasteiger partial charge < -0.3 is 0 Å². The van der Waals surface area contributed by atoms with E-state index in [0.717, 1.165) is 11.6 Å². The number of hydrogen-bond acceptors (Lipinski definition) is 4. The summed E-state index contributed by atoms with van der Waals surface area (Å²) in [6, 6.07) is 45.8. The number of carbonyl (C=O) groups excluding carboxylic acids is 2. The molecule has 4 heterocycles. The maximum Gasteiger partial charge on any atom is 4.00 e. The SMILES string of the molecule is CC(=O)CC(C)=O.[Pt+4].c1ccc(-n2c3ccccc3c3ccccc32)nc1.c1ccc(-n2c3ccccc3c3ccccc32)nc1. The molecule has 0 fully saturated rings. The number of para-hydroxylation sites is 4. The number of ketones is 2. The van der Waals surface area contributed by atoms with Crippen LogP contribution in [0.5, 0.6) is 0 Å². The third kappa shape index (κ3) is 6.73.